The van der Waals surface area contributed by atoms with Crippen molar-refractivity contribution in [3.63, 3.8) is 0 Å². The minimum absolute atomic E-state index is 0.0848. The number of amidine groups is 1. The van der Waals surface area contributed by atoms with Gasteiger partial charge in [0, 0.05) is 11.1 Å². The number of hydrogen-bond donors (Lipinski definition) is 1. The summed E-state index contributed by atoms with van der Waals surface area (Å²) in [5, 5.41) is 0. The van der Waals surface area contributed by atoms with Crippen molar-refractivity contribution in [1.29, 1.82) is 0 Å². The van der Waals surface area contributed by atoms with E-state index in [4.69, 9.17) is 4.74 Å². The van der Waals surface area contributed by atoms with Gasteiger partial charge in [0.2, 0.25) is 5.78 Å². The maximum atomic E-state index is 12.7. The molecule has 0 fully saturated rings. The number of aliphatic imine (C=N–C) groups is 1. The lowest BCUT2D eigenvalue weighted by molar-refractivity contribution is -0.144. The van der Waals surface area contributed by atoms with E-state index in [0.29, 0.717) is 11.1 Å². The standard InChI is InChI=1S/C21H22N2O5S/c1-12-9-14(3)17(10-13(12)2)20(25)15(4)28-19(24)11-22-21-16-7-5-6-8-18(16)29(26,27)23-21/h5-10,15H,11H2,1-4H3,(H,22,23)/t15-/m0/s1. The van der Waals surface area contributed by atoms with Gasteiger partial charge in [0.05, 0.1) is 4.90 Å². The Bertz CT molecular complexity index is 1140. The number of aryl methyl sites for hydroxylation is 3. The molecule has 0 unspecified atom stereocenters. The summed E-state index contributed by atoms with van der Waals surface area (Å²) in [7, 11) is -3.67. The van der Waals surface area contributed by atoms with Crippen LogP contribution < -0.4 is 4.72 Å². The van der Waals surface area contributed by atoms with Gasteiger partial charge in [-0.15, -0.1) is 0 Å². The normalized spacial score (nSPS) is 16.8. The third-order valence-electron chi connectivity index (χ3n) is 4.81. The van der Waals surface area contributed by atoms with Crippen LogP contribution in [0.25, 0.3) is 0 Å². The molecule has 2 aromatic rings. The summed E-state index contributed by atoms with van der Waals surface area (Å²) >= 11 is 0. The zero-order chi connectivity index (χ0) is 21.3. The van der Waals surface area contributed by atoms with Gasteiger partial charge >= 0.3 is 5.97 Å². The Morgan fingerprint density at radius 1 is 1.07 bits per heavy atom. The van der Waals surface area contributed by atoms with Crippen LogP contribution in [0, 0.1) is 20.8 Å². The van der Waals surface area contributed by atoms with Gasteiger partial charge in [-0.25, -0.2) is 8.42 Å². The Balaban J connectivity index is 1.69. The van der Waals surface area contributed by atoms with Gasteiger partial charge in [0.25, 0.3) is 10.0 Å². The average Bonchev–Trinajstić information content (AvgIpc) is 2.93. The predicted octanol–water partition coefficient (Wildman–Crippen LogP) is 2.46. The number of fused-ring (bicyclic) bond motifs is 1. The number of esters is 1. The minimum Gasteiger partial charge on any atom is -0.453 e. The SMILES string of the molecule is Cc1cc(C)c(C(=O)[C@H](C)OC(=O)CN=C2NS(=O)(=O)c3ccccc32)cc1C. The second kappa shape index (κ2) is 7.79. The van der Waals surface area contributed by atoms with E-state index in [2.05, 4.69) is 9.71 Å². The first-order valence-corrected chi connectivity index (χ1v) is 10.6. The maximum Gasteiger partial charge on any atom is 0.328 e. The van der Waals surface area contributed by atoms with Crippen LogP contribution in [0.5, 0.6) is 0 Å². The van der Waals surface area contributed by atoms with Crippen molar-refractivity contribution in [1.82, 2.24) is 4.72 Å². The molecule has 7 nitrogen and oxygen atoms in total. The maximum absolute atomic E-state index is 12.7. The number of carbonyl (C=O) groups excluding carboxylic acids is 2. The molecule has 2 aromatic carbocycles. The van der Waals surface area contributed by atoms with Crippen molar-refractivity contribution in [3.8, 4) is 0 Å². The molecule has 0 aromatic heterocycles. The number of sulfonamides is 1. The van der Waals surface area contributed by atoms with Crippen molar-refractivity contribution in [2.24, 2.45) is 4.99 Å². The molecule has 0 saturated heterocycles. The fourth-order valence-electron chi connectivity index (χ4n) is 3.13. The molecule has 0 aliphatic carbocycles. The molecule has 29 heavy (non-hydrogen) atoms. The van der Waals surface area contributed by atoms with Crippen LogP contribution in [0.15, 0.2) is 46.3 Å². The zero-order valence-electron chi connectivity index (χ0n) is 16.6. The predicted molar refractivity (Wildman–Crippen MR) is 109 cm³/mol. The topological polar surface area (TPSA) is 102 Å². The molecule has 0 bridgehead atoms. The van der Waals surface area contributed by atoms with E-state index >= 15 is 0 Å². The highest BCUT2D eigenvalue weighted by molar-refractivity contribution is 7.90. The molecule has 1 atom stereocenters. The van der Waals surface area contributed by atoms with E-state index in [0.717, 1.165) is 16.7 Å². The first-order valence-electron chi connectivity index (χ1n) is 9.08. The minimum atomic E-state index is -3.67. The first kappa shape index (κ1) is 20.7. The zero-order valence-corrected chi connectivity index (χ0v) is 17.5. The van der Waals surface area contributed by atoms with Crippen molar-refractivity contribution in [2.45, 2.75) is 38.7 Å². The Morgan fingerprint density at radius 3 is 2.45 bits per heavy atom. The monoisotopic (exact) mass is 414 g/mol. The average molecular weight is 414 g/mol. The van der Waals surface area contributed by atoms with Crippen molar-refractivity contribution in [2.75, 3.05) is 6.54 Å². The molecule has 3 rings (SSSR count). The fourth-order valence-corrected chi connectivity index (χ4v) is 4.38. The van der Waals surface area contributed by atoms with E-state index in [9.17, 15) is 18.0 Å². The largest absolute Gasteiger partial charge is 0.453 e. The van der Waals surface area contributed by atoms with Crippen LogP contribution in [-0.4, -0.2) is 38.7 Å². The molecule has 1 heterocycles. The van der Waals surface area contributed by atoms with Gasteiger partial charge in [-0.3, -0.25) is 19.3 Å². The van der Waals surface area contributed by atoms with Gasteiger partial charge in [0.1, 0.15) is 12.4 Å². The molecule has 1 N–H and O–H groups in total. The number of rotatable bonds is 5. The molecule has 152 valence electrons. The van der Waals surface area contributed by atoms with Crippen molar-refractivity contribution >= 4 is 27.6 Å². The number of ketones is 1. The summed E-state index contributed by atoms with van der Waals surface area (Å²) in [5.74, 6) is -0.927. The summed E-state index contributed by atoms with van der Waals surface area (Å²) < 4.78 is 31.7. The van der Waals surface area contributed by atoms with E-state index in [-0.39, 0.29) is 16.5 Å². The third-order valence-corrected chi connectivity index (χ3v) is 6.21. The van der Waals surface area contributed by atoms with Gasteiger partial charge in [-0.2, -0.15) is 0 Å². The van der Waals surface area contributed by atoms with Crippen LogP contribution in [0.1, 0.15) is 39.5 Å². The number of carbonyl (C=O) groups is 2. The lowest BCUT2D eigenvalue weighted by atomic mass is 9.96. The molecular weight excluding hydrogens is 392 g/mol. The van der Waals surface area contributed by atoms with Crippen molar-refractivity contribution < 1.29 is 22.7 Å². The number of ether oxygens (including phenoxy) is 1. The Hall–Kier alpha value is -3.00. The molecule has 0 amide bonds. The molecular formula is C21H22N2O5S. The van der Waals surface area contributed by atoms with Crippen molar-refractivity contribution in [3.05, 3.63) is 64.2 Å². The van der Waals surface area contributed by atoms with Gasteiger partial charge < -0.3 is 4.74 Å². The Kier molecular flexibility index (Phi) is 5.57. The second-order valence-corrected chi connectivity index (χ2v) is 8.67. The summed E-state index contributed by atoms with van der Waals surface area (Å²) in [5.41, 5.74) is 3.79. The van der Waals surface area contributed by atoms with E-state index in [1.807, 2.05) is 26.8 Å². The Labute approximate surface area is 169 Å². The van der Waals surface area contributed by atoms with E-state index < -0.39 is 28.6 Å². The quantitative estimate of drug-likeness (QED) is 0.598. The van der Waals surface area contributed by atoms with Gasteiger partial charge in [-0.05, 0) is 62.6 Å². The molecule has 1 aliphatic heterocycles. The number of benzene rings is 2. The van der Waals surface area contributed by atoms with Gasteiger partial charge in [0.15, 0.2) is 6.10 Å². The number of nitrogens with one attached hydrogen (secondary N) is 1. The molecule has 0 radical (unpaired) electrons. The van der Waals surface area contributed by atoms with Crippen LogP contribution in [-0.2, 0) is 19.6 Å². The number of hydrogen-bond acceptors (Lipinski definition) is 6. The lowest BCUT2D eigenvalue weighted by Gasteiger charge is -2.14. The number of Topliss-reactive ketones (excluding diaryl/α,β-unsaturated/α-hetero) is 1. The summed E-state index contributed by atoms with van der Waals surface area (Å²) in [6, 6.07) is 10.1. The highest BCUT2D eigenvalue weighted by Gasteiger charge is 2.30. The Morgan fingerprint density at radius 2 is 1.72 bits per heavy atom. The van der Waals surface area contributed by atoms with E-state index in [1.54, 1.807) is 24.3 Å². The van der Waals surface area contributed by atoms with Crippen LogP contribution in [0.2, 0.25) is 0 Å². The highest BCUT2D eigenvalue weighted by Crippen LogP contribution is 2.22. The first-order chi connectivity index (χ1) is 13.6. The summed E-state index contributed by atoms with van der Waals surface area (Å²) in [4.78, 5) is 29.0. The van der Waals surface area contributed by atoms with Crippen LogP contribution in [0.4, 0.5) is 0 Å². The summed E-state index contributed by atoms with van der Waals surface area (Å²) in [6.45, 7) is 6.82. The third kappa shape index (κ3) is 4.22. The smallest absolute Gasteiger partial charge is 0.328 e. The fraction of sp³-hybridized carbons (Fsp3) is 0.286. The van der Waals surface area contributed by atoms with Crippen LogP contribution >= 0.6 is 0 Å². The summed E-state index contributed by atoms with van der Waals surface area (Å²) in [6.07, 6.45) is -0.976. The molecule has 0 spiro atoms. The van der Waals surface area contributed by atoms with E-state index in [1.165, 1.54) is 13.0 Å². The van der Waals surface area contributed by atoms with Gasteiger partial charge in [-0.1, -0.05) is 18.2 Å². The second-order valence-electron chi connectivity index (χ2n) is 7.01. The number of nitrogens with zero attached hydrogens (tertiary/aromatic N) is 1. The lowest BCUT2D eigenvalue weighted by Crippen LogP contribution is -2.27. The molecule has 1 aliphatic rings. The molecule has 8 heteroatoms. The van der Waals surface area contributed by atoms with Crippen LogP contribution in [0.3, 0.4) is 0 Å². The highest BCUT2D eigenvalue weighted by atomic mass is 32.2. The molecule has 0 saturated carbocycles.